The number of hydrogen-bond donors (Lipinski definition) is 1. The van der Waals surface area contributed by atoms with Crippen molar-refractivity contribution in [3.8, 4) is 6.07 Å². The number of amides is 2. The molecule has 0 bridgehead atoms. The Morgan fingerprint density at radius 1 is 1.11 bits per heavy atom. The third-order valence-corrected chi connectivity index (χ3v) is 5.86. The predicted octanol–water partition coefficient (Wildman–Crippen LogP) is 4.91. The molecule has 0 spiro atoms. The average molecular weight is 514 g/mol. The van der Waals surface area contributed by atoms with Gasteiger partial charge in [0.2, 0.25) is 5.91 Å². The van der Waals surface area contributed by atoms with Crippen molar-refractivity contribution in [2.45, 2.75) is 24.6 Å². The number of rotatable bonds is 5. The Labute approximate surface area is 208 Å². The summed E-state index contributed by atoms with van der Waals surface area (Å²) < 4.78 is 65.5. The predicted molar refractivity (Wildman–Crippen MR) is 125 cm³/mol. The highest BCUT2D eigenvalue weighted by molar-refractivity contribution is 6.07. The molecule has 2 heterocycles. The molecule has 1 aromatic heterocycles. The molecule has 0 radical (unpaired) electrons. The molecular formula is C26H19F5N4O2. The quantitative estimate of drug-likeness (QED) is 0.387. The molecular weight excluding hydrogens is 495 g/mol. The van der Waals surface area contributed by atoms with Crippen LogP contribution in [-0.2, 0) is 11.0 Å². The molecule has 2 aromatic carbocycles. The zero-order chi connectivity index (χ0) is 26.8. The van der Waals surface area contributed by atoms with Crippen molar-refractivity contribution in [1.29, 1.82) is 5.26 Å². The second-order valence-corrected chi connectivity index (χ2v) is 8.50. The van der Waals surface area contributed by atoms with Crippen LogP contribution in [0.3, 0.4) is 0 Å². The summed E-state index contributed by atoms with van der Waals surface area (Å²) in [4.78, 5) is 30.2. The molecule has 1 aliphatic rings. The van der Waals surface area contributed by atoms with Crippen molar-refractivity contribution >= 4 is 34.9 Å². The van der Waals surface area contributed by atoms with Gasteiger partial charge in [-0.15, -0.1) is 0 Å². The van der Waals surface area contributed by atoms with E-state index in [9.17, 15) is 31.5 Å². The number of fused-ring (bicyclic) bond motifs is 1. The topological polar surface area (TPSA) is 86.1 Å². The van der Waals surface area contributed by atoms with Gasteiger partial charge in [-0.25, -0.2) is 8.78 Å². The number of nitriles is 1. The lowest BCUT2D eigenvalue weighted by molar-refractivity contribution is -0.137. The number of alkyl halides is 5. The summed E-state index contributed by atoms with van der Waals surface area (Å²) in [5.74, 6) is -4.59. The van der Waals surface area contributed by atoms with Gasteiger partial charge in [0.25, 0.3) is 11.8 Å². The van der Waals surface area contributed by atoms with Crippen LogP contribution in [0.1, 0.15) is 33.5 Å². The van der Waals surface area contributed by atoms with Crippen LogP contribution >= 0.6 is 0 Å². The Kier molecular flexibility index (Phi) is 6.94. The minimum Gasteiger partial charge on any atom is -0.343 e. The molecule has 37 heavy (non-hydrogen) atoms. The molecule has 1 aliphatic heterocycles. The molecule has 0 aliphatic carbocycles. The minimum atomic E-state index is -4.42. The first-order chi connectivity index (χ1) is 17.5. The minimum absolute atomic E-state index is 0.186. The average Bonchev–Trinajstić information content (AvgIpc) is 3.19. The first-order valence-electron chi connectivity index (χ1n) is 11.1. The molecule has 6 nitrogen and oxygen atoms in total. The monoisotopic (exact) mass is 514 g/mol. The van der Waals surface area contributed by atoms with Gasteiger partial charge < -0.3 is 10.2 Å². The van der Waals surface area contributed by atoms with Crippen molar-refractivity contribution < 1.29 is 31.5 Å². The lowest BCUT2D eigenvalue weighted by Crippen LogP contribution is -2.43. The summed E-state index contributed by atoms with van der Waals surface area (Å²) in [6.07, 6.45) is -0.486. The Morgan fingerprint density at radius 2 is 1.78 bits per heavy atom. The van der Waals surface area contributed by atoms with Crippen LogP contribution in [0.4, 0.5) is 22.0 Å². The van der Waals surface area contributed by atoms with Gasteiger partial charge in [-0.1, -0.05) is 30.4 Å². The number of aromatic nitrogens is 1. The molecule has 0 saturated carbocycles. The zero-order valence-corrected chi connectivity index (χ0v) is 19.1. The second kappa shape index (κ2) is 9.97. The molecule has 1 fully saturated rings. The highest BCUT2D eigenvalue weighted by Gasteiger charge is 2.47. The van der Waals surface area contributed by atoms with Gasteiger partial charge in [-0.2, -0.15) is 18.4 Å². The van der Waals surface area contributed by atoms with Gasteiger partial charge in [0.05, 0.1) is 35.8 Å². The van der Waals surface area contributed by atoms with Gasteiger partial charge >= 0.3 is 6.18 Å². The molecule has 2 amide bonds. The molecule has 1 N–H and O–H groups in total. The number of benzene rings is 2. The first kappa shape index (κ1) is 25.8. The zero-order valence-electron chi connectivity index (χ0n) is 19.1. The smallest absolute Gasteiger partial charge is 0.343 e. The number of hydrogen-bond acceptors (Lipinski definition) is 4. The normalized spacial score (nSPS) is 17.2. The fraction of sp³-hybridized carbons (Fsp3) is 0.231. The Hall–Kier alpha value is -4.33. The standard InChI is InChI=1S/C26H19F5N4O2/c27-25(28)12-19(13-32)35(15-25)23(36)14-34-24(37)20-9-10-33-22-8-5-17(11-21(20)22)2-1-16-3-6-18(7-4-16)26(29,30)31/h1-11,19H,12,14-15H2,(H,34,37). The maximum atomic E-state index is 13.6. The van der Waals surface area contributed by atoms with Crippen molar-refractivity contribution in [2.75, 3.05) is 13.1 Å². The summed E-state index contributed by atoms with van der Waals surface area (Å²) in [6, 6.07) is 11.5. The Morgan fingerprint density at radius 3 is 2.46 bits per heavy atom. The summed E-state index contributed by atoms with van der Waals surface area (Å²) in [7, 11) is 0. The van der Waals surface area contributed by atoms with E-state index in [4.69, 9.17) is 5.26 Å². The summed E-state index contributed by atoms with van der Waals surface area (Å²) in [6.45, 7) is -1.45. The Balaban J connectivity index is 1.49. The van der Waals surface area contributed by atoms with E-state index in [1.165, 1.54) is 24.4 Å². The highest BCUT2D eigenvalue weighted by Crippen LogP contribution is 2.32. The van der Waals surface area contributed by atoms with E-state index in [2.05, 4.69) is 10.3 Å². The van der Waals surface area contributed by atoms with Gasteiger partial charge in [-0.3, -0.25) is 14.6 Å². The summed E-state index contributed by atoms with van der Waals surface area (Å²) >= 11 is 0. The summed E-state index contributed by atoms with van der Waals surface area (Å²) in [5, 5.41) is 11.9. The van der Waals surface area contributed by atoms with E-state index in [-0.39, 0.29) is 5.56 Å². The number of carbonyl (C=O) groups excluding carboxylic acids is 2. The number of nitrogens with zero attached hydrogens (tertiary/aromatic N) is 3. The molecule has 11 heteroatoms. The first-order valence-corrected chi connectivity index (χ1v) is 11.1. The number of likely N-dealkylation sites (tertiary alicyclic amines) is 1. The van der Waals surface area contributed by atoms with E-state index >= 15 is 0 Å². The SMILES string of the molecule is N#CC1CC(F)(F)CN1C(=O)CNC(=O)c1ccnc2ccc(C=Cc3ccc(C(F)(F)F)cc3)cc12. The molecule has 190 valence electrons. The van der Waals surface area contributed by atoms with Crippen molar-refractivity contribution in [3.05, 3.63) is 77.0 Å². The van der Waals surface area contributed by atoms with Crippen LogP contribution in [0, 0.1) is 11.3 Å². The van der Waals surface area contributed by atoms with E-state index in [0.29, 0.717) is 22.0 Å². The molecule has 4 rings (SSSR count). The van der Waals surface area contributed by atoms with Crippen molar-refractivity contribution in [3.63, 3.8) is 0 Å². The second-order valence-electron chi connectivity index (χ2n) is 8.50. The number of halogens is 5. The van der Waals surface area contributed by atoms with Crippen LogP contribution in [-0.4, -0.2) is 46.8 Å². The molecule has 1 atom stereocenters. The van der Waals surface area contributed by atoms with Gasteiger partial charge in [0, 0.05) is 18.0 Å². The van der Waals surface area contributed by atoms with E-state index in [1.54, 1.807) is 36.4 Å². The maximum absolute atomic E-state index is 13.6. The van der Waals surface area contributed by atoms with Crippen LogP contribution in [0.15, 0.2) is 54.7 Å². The summed E-state index contributed by atoms with van der Waals surface area (Å²) in [5.41, 5.74) is 1.10. The fourth-order valence-electron chi connectivity index (χ4n) is 3.99. The maximum Gasteiger partial charge on any atom is 0.416 e. The van der Waals surface area contributed by atoms with Crippen LogP contribution < -0.4 is 5.32 Å². The number of carbonyl (C=O) groups is 2. The van der Waals surface area contributed by atoms with Crippen molar-refractivity contribution in [2.24, 2.45) is 0 Å². The van der Waals surface area contributed by atoms with Gasteiger partial charge in [-0.05, 0) is 41.5 Å². The lowest BCUT2D eigenvalue weighted by atomic mass is 10.0. The van der Waals surface area contributed by atoms with E-state index in [0.717, 1.165) is 17.0 Å². The fourth-order valence-corrected chi connectivity index (χ4v) is 3.99. The van der Waals surface area contributed by atoms with Gasteiger partial charge in [0.1, 0.15) is 6.04 Å². The van der Waals surface area contributed by atoms with E-state index < -0.39 is 55.0 Å². The highest BCUT2D eigenvalue weighted by atomic mass is 19.4. The van der Waals surface area contributed by atoms with E-state index in [1.807, 2.05) is 0 Å². The largest absolute Gasteiger partial charge is 0.416 e. The molecule has 3 aromatic rings. The number of pyridine rings is 1. The van der Waals surface area contributed by atoms with Crippen LogP contribution in [0.5, 0.6) is 0 Å². The molecule has 1 unspecified atom stereocenters. The van der Waals surface area contributed by atoms with Crippen LogP contribution in [0.2, 0.25) is 0 Å². The third kappa shape index (κ3) is 5.91. The lowest BCUT2D eigenvalue weighted by Gasteiger charge is -2.19. The van der Waals surface area contributed by atoms with Crippen molar-refractivity contribution in [1.82, 2.24) is 15.2 Å². The number of nitrogens with one attached hydrogen (secondary N) is 1. The Bertz CT molecular complexity index is 1410. The molecule has 1 saturated heterocycles. The van der Waals surface area contributed by atoms with Crippen LogP contribution in [0.25, 0.3) is 23.1 Å². The third-order valence-electron chi connectivity index (χ3n) is 5.86. The van der Waals surface area contributed by atoms with Gasteiger partial charge in [0.15, 0.2) is 0 Å².